The average Bonchev–Trinajstić information content (AvgIpc) is 2.92. The molecule has 3 aromatic rings. The minimum absolute atomic E-state index is 0.201. The van der Waals surface area contributed by atoms with Crippen LogP contribution in [0.1, 0.15) is 19.5 Å². The van der Waals surface area contributed by atoms with Crippen molar-refractivity contribution >= 4 is 34.0 Å². The van der Waals surface area contributed by atoms with Crippen molar-refractivity contribution in [3.8, 4) is 5.13 Å². The summed E-state index contributed by atoms with van der Waals surface area (Å²) in [7, 11) is 0. The molecule has 0 saturated heterocycles. The minimum Gasteiger partial charge on any atom is -0.384 e. The summed E-state index contributed by atoms with van der Waals surface area (Å²) in [6.07, 6.45) is 3.54. The monoisotopic (exact) mass is 294 g/mol. The van der Waals surface area contributed by atoms with Crippen molar-refractivity contribution in [2.24, 2.45) is 0 Å². The van der Waals surface area contributed by atoms with Crippen LogP contribution in [0.25, 0.3) is 16.2 Å². The molecule has 0 radical (unpaired) electrons. The van der Waals surface area contributed by atoms with Gasteiger partial charge in [-0.3, -0.25) is 4.57 Å². The molecule has 0 atom stereocenters. The molecule has 0 aliphatic carbocycles. The number of nitrogens with zero attached hydrogens (tertiary/aromatic N) is 4. The fourth-order valence-corrected chi connectivity index (χ4v) is 2.81. The van der Waals surface area contributed by atoms with Crippen molar-refractivity contribution in [2.75, 3.05) is 0 Å². The number of hydrogen-bond acceptors (Lipinski definition) is 5. The van der Waals surface area contributed by atoms with E-state index in [9.17, 15) is 5.11 Å². The summed E-state index contributed by atoms with van der Waals surface area (Å²) in [5.74, 6) is 0. The van der Waals surface area contributed by atoms with Gasteiger partial charge in [0.2, 0.25) is 5.28 Å². The normalized spacial score (nSPS) is 12.2. The quantitative estimate of drug-likeness (QED) is 0.738. The molecule has 7 heteroatoms. The van der Waals surface area contributed by atoms with E-state index in [1.807, 2.05) is 22.2 Å². The van der Waals surface area contributed by atoms with E-state index in [4.69, 9.17) is 11.6 Å². The van der Waals surface area contributed by atoms with E-state index in [-0.39, 0.29) is 5.28 Å². The van der Waals surface area contributed by atoms with E-state index in [2.05, 4.69) is 15.0 Å². The van der Waals surface area contributed by atoms with E-state index in [0.29, 0.717) is 11.3 Å². The predicted molar refractivity (Wildman–Crippen MR) is 74.8 cm³/mol. The number of halogens is 1. The van der Waals surface area contributed by atoms with Gasteiger partial charge in [0.15, 0.2) is 10.8 Å². The Labute approximate surface area is 118 Å². The molecule has 0 amide bonds. The number of fused-ring (bicyclic) bond motifs is 1. The Balaban J connectivity index is 2.14. The molecule has 19 heavy (non-hydrogen) atoms. The van der Waals surface area contributed by atoms with E-state index in [1.165, 1.54) is 11.3 Å². The molecule has 1 N–H and O–H groups in total. The highest BCUT2D eigenvalue weighted by molar-refractivity contribution is 7.12. The van der Waals surface area contributed by atoms with Gasteiger partial charge in [0.05, 0.1) is 5.69 Å². The molecule has 0 spiro atoms. The van der Waals surface area contributed by atoms with Gasteiger partial charge in [-0.05, 0) is 31.5 Å². The van der Waals surface area contributed by atoms with Crippen LogP contribution in [0.4, 0.5) is 0 Å². The Morgan fingerprint density at radius 2 is 2.16 bits per heavy atom. The second-order valence-corrected chi connectivity index (χ2v) is 5.85. The fraction of sp³-hybridized carbons (Fsp3) is 0.250. The average molecular weight is 295 g/mol. The first-order valence-corrected chi connectivity index (χ1v) is 6.89. The van der Waals surface area contributed by atoms with Crippen LogP contribution in [-0.2, 0) is 5.60 Å². The molecule has 3 heterocycles. The number of aliphatic hydroxyl groups is 1. The predicted octanol–water partition coefficient (Wildman–Crippen LogP) is 2.76. The first-order valence-electron chi connectivity index (χ1n) is 5.63. The summed E-state index contributed by atoms with van der Waals surface area (Å²) in [4.78, 5) is 12.6. The Morgan fingerprint density at radius 3 is 2.84 bits per heavy atom. The number of rotatable bonds is 2. The molecular weight excluding hydrogens is 284 g/mol. The Morgan fingerprint density at radius 1 is 1.37 bits per heavy atom. The molecule has 5 nitrogen and oxygen atoms in total. The maximum absolute atomic E-state index is 9.95. The van der Waals surface area contributed by atoms with Gasteiger partial charge in [-0.1, -0.05) is 0 Å². The summed E-state index contributed by atoms with van der Waals surface area (Å²) in [6, 6.07) is 1.90. The van der Waals surface area contributed by atoms with Crippen LogP contribution < -0.4 is 0 Å². The van der Waals surface area contributed by atoms with Crippen LogP contribution in [0, 0.1) is 0 Å². The zero-order chi connectivity index (χ0) is 13.6. The molecule has 3 aromatic heterocycles. The van der Waals surface area contributed by atoms with E-state index < -0.39 is 5.60 Å². The Kier molecular flexibility index (Phi) is 2.81. The minimum atomic E-state index is -0.954. The highest BCUT2D eigenvalue weighted by Gasteiger charge is 2.20. The summed E-state index contributed by atoms with van der Waals surface area (Å²) in [6.45, 7) is 3.41. The molecule has 0 saturated carbocycles. The first-order chi connectivity index (χ1) is 8.95. The van der Waals surface area contributed by atoms with Crippen LogP contribution in [0.3, 0.4) is 0 Å². The van der Waals surface area contributed by atoms with Crippen LogP contribution in [0.5, 0.6) is 0 Å². The molecule has 0 aliphatic heterocycles. The lowest BCUT2D eigenvalue weighted by Gasteiger charge is -2.12. The lowest BCUT2D eigenvalue weighted by molar-refractivity contribution is 0.0745. The molecule has 0 unspecified atom stereocenters. The van der Waals surface area contributed by atoms with Gasteiger partial charge in [-0.25, -0.2) is 9.97 Å². The van der Waals surface area contributed by atoms with Crippen molar-refractivity contribution < 1.29 is 5.11 Å². The number of aromatic nitrogens is 4. The first kappa shape index (κ1) is 12.5. The van der Waals surface area contributed by atoms with Crippen LogP contribution >= 0.6 is 22.9 Å². The van der Waals surface area contributed by atoms with Gasteiger partial charge < -0.3 is 5.11 Å². The molecular formula is C12H11ClN4OS. The maximum Gasteiger partial charge on any atom is 0.224 e. The van der Waals surface area contributed by atoms with Crippen molar-refractivity contribution in [3.05, 3.63) is 34.8 Å². The van der Waals surface area contributed by atoms with Crippen molar-refractivity contribution in [1.82, 2.24) is 19.5 Å². The molecule has 0 aromatic carbocycles. The van der Waals surface area contributed by atoms with E-state index >= 15 is 0 Å². The Hall–Kier alpha value is -1.50. The third-order valence-electron chi connectivity index (χ3n) is 2.72. The molecule has 0 fully saturated rings. The largest absolute Gasteiger partial charge is 0.384 e. The number of hydrogen-bond donors (Lipinski definition) is 1. The van der Waals surface area contributed by atoms with Gasteiger partial charge in [0.25, 0.3) is 0 Å². The second kappa shape index (κ2) is 4.26. The summed E-state index contributed by atoms with van der Waals surface area (Å²) in [5.41, 5.74) is 0.385. The smallest absolute Gasteiger partial charge is 0.224 e. The van der Waals surface area contributed by atoms with Gasteiger partial charge in [-0.2, -0.15) is 4.98 Å². The zero-order valence-corrected chi connectivity index (χ0v) is 11.9. The van der Waals surface area contributed by atoms with E-state index in [0.717, 1.165) is 10.5 Å². The molecule has 0 bridgehead atoms. The third-order valence-corrected chi connectivity index (χ3v) is 3.74. The second-order valence-electron chi connectivity index (χ2n) is 4.68. The topological polar surface area (TPSA) is 63.8 Å². The standard InChI is InChI=1S/C12H11ClN4OS/c1-12(2,18)8-6-19-11(15-8)17-4-3-7-5-14-10(13)16-9(7)17/h3-6,18H,1-2H3. The van der Waals surface area contributed by atoms with Gasteiger partial charge in [-0.15, -0.1) is 11.3 Å². The summed E-state index contributed by atoms with van der Waals surface area (Å²) >= 11 is 7.26. The third kappa shape index (κ3) is 2.22. The van der Waals surface area contributed by atoms with Gasteiger partial charge in [0, 0.05) is 23.2 Å². The highest BCUT2D eigenvalue weighted by Crippen LogP contribution is 2.26. The number of thiazole rings is 1. The SMILES string of the molecule is CC(C)(O)c1csc(-n2ccc3cnc(Cl)nc32)n1. The van der Waals surface area contributed by atoms with Crippen molar-refractivity contribution in [3.63, 3.8) is 0 Å². The fourth-order valence-electron chi connectivity index (χ4n) is 1.71. The van der Waals surface area contributed by atoms with Crippen LogP contribution in [0.15, 0.2) is 23.8 Å². The van der Waals surface area contributed by atoms with Crippen LogP contribution in [-0.4, -0.2) is 24.6 Å². The van der Waals surface area contributed by atoms with E-state index in [1.54, 1.807) is 20.0 Å². The molecule has 0 aliphatic rings. The molecule has 3 rings (SSSR count). The lowest BCUT2D eigenvalue weighted by atomic mass is 10.1. The van der Waals surface area contributed by atoms with Crippen molar-refractivity contribution in [2.45, 2.75) is 19.4 Å². The maximum atomic E-state index is 9.95. The summed E-state index contributed by atoms with van der Waals surface area (Å²) < 4.78 is 1.84. The van der Waals surface area contributed by atoms with Crippen LogP contribution in [0.2, 0.25) is 5.28 Å². The molecule has 98 valence electrons. The van der Waals surface area contributed by atoms with Crippen molar-refractivity contribution in [1.29, 1.82) is 0 Å². The Bertz CT molecular complexity index is 744. The summed E-state index contributed by atoms with van der Waals surface area (Å²) in [5, 5.41) is 13.6. The van der Waals surface area contributed by atoms with Gasteiger partial charge >= 0.3 is 0 Å². The highest BCUT2D eigenvalue weighted by atomic mass is 35.5. The zero-order valence-electron chi connectivity index (χ0n) is 10.3. The van der Waals surface area contributed by atoms with Gasteiger partial charge in [0.1, 0.15) is 5.60 Å². The lowest BCUT2D eigenvalue weighted by Crippen LogP contribution is -2.16.